The van der Waals surface area contributed by atoms with Gasteiger partial charge in [-0.3, -0.25) is 0 Å². The molecule has 0 N–H and O–H groups in total. The van der Waals surface area contributed by atoms with Crippen LogP contribution < -0.4 is 4.74 Å². The number of nitriles is 1. The molecular formula is C17H24N2O. The smallest absolute Gasteiger partial charge is 0.120 e. The summed E-state index contributed by atoms with van der Waals surface area (Å²) >= 11 is 0. The van der Waals surface area contributed by atoms with Crippen molar-refractivity contribution in [1.29, 1.82) is 5.26 Å². The summed E-state index contributed by atoms with van der Waals surface area (Å²) in [5, 5.41) is 8.85. The summed E-state index contributed by atoms with van der Waals surface area (Å²) in [5.74, 6) is 0.801. The lowest BCUT2D eigenvalue weighted by atomic mass is 10.00. The first kappa shape index (κ1) is 14.9. The number of ether oxygens (including phenoxy) is 1. The van der Waals surface area contributed by atoms with Crippen LogP contribution in [0, 0.1) is 11.3 Å². The van der Waals surface area contributed by atoms with E-state index < -0.39 is 0 Å². The van der Waals surface area contributed by atoms with Crippen molar-refractivity contribution in [3.05, 3.63) is 29.8 Å². The van der Waals surface area contributed by atoms with Crippen LogP contribution in [0.4, 0.5) is 0 Å². The Balaban J connectivity index is 1.71. The zero-order valence-corrected chi connectivity index (χ0v) is 12.3. The normalized spacial score (nSPS) is 19.5. The molecule has 3 nitrogen and oxygen atoms in total. The van der Waals surface area contributed by atoms with Crippen molar-refractivity contribution < 1.29 is 4.74 Å². The van der Waals surface area contributed by atoms with Crippen LogP contribution in [0.2, 0.25) is 0 Å². The van der Waals surface area contributed by atoms with Crippen LogP contribution in [0.1, 0.15) is 44.6 Å². The Hall–Kier alpha value is -1.53. The first-order valence-corrected chi connectivity index (χ1v) is 7.70. The molecule has 1 aromatic rings. The third-order valence-corrected chi connectivity index (χ3v) is 4.04. The molecule has 0 aliphatic carbocycles. The summed E-state index contributed by atoms with van der Waals surface area (Å²) < 4.78 is 5.73. The zero-order chi connectivity index (χ0) is 14.2. The fourth-order valence-corrected chi connectivity index (χ4v) is 2.93. The van der Waals surface area contributed by atoms with Crippen molar-refractivity contribution >= 4 is 0 Å². The monoisotopic (exact) mass is 272 g/mol. The van der Waals surface area contributed by atoms with E-state index in [0.29, 0.717) is 5.56 Å². The molecule has 0 amide bonds. The van der Waals surface area contributed by atoms with Crippen molar-refractivity contribution in [2.24, 2.45) is 0 Å². The van der Waals surface area contributed by atoms with Crippen molar-refractivity contribution in [2.45, 2.75) is 45.1 Å². The quantitative estimate of drug-likeness (QED) is 0.742. The molecule has 1 fully saturated rings. The average molecular weight is 272 g/mol. The Morgan fingerprint density at radius 1 is 1.40 bits per heavy atom. The lowest BCUT2D eigenvalue weighted by molar-refractivity contribution is 0.134. The first-order valence-electron chi connectivity index (χ1n) is 7.70. The van der Waals surface area contributed by atoms with Gasteiger partial charge in [0.1, 0.15) is 5.75 Å². The van der Waals surface area contributed by atoms with Crippen LogP contribution >= 0.6 is 0 Å². The van der Waals surface area contributed by atoms with E-state index in [1.165, 1.54) is 32.2 Å². The fraction of sp³-hybridized carbons (Fsp3) is 0.588. The molecule has 1 saturated heterocycles. The van der Waals surface area contributed by atoms with Crippen LogP contribution in [0.3, 0.4) is 0 Å². The highest BCUT2D eigenvalue weighted by Gasteiger charge is 2.19. The van der Waals surface area contributed by atoms with E-state index >= 15 is 0 Å². The van der Waals surface area contributed by atoms with E-state index in [1.807, 2.05) is 12.1 Å². The van der Waals surface area contributed by atoms with Gasteiger partial charge in [0.2, 0.25) is 0 Å². The molecule has 1 aliphatic rings. The summed E-state index contributed by atoms with van der Waals surface area (Å²) in [7, 11) is 0. The van der Waals surface area contributed by atoms with Gasteiger partial charge < -0.3 is 9.64 Å². The number of hydrogen-bond acceptors (Lipinski definition) is 3. The van der Waals surface area contributed by atoms with Gasteiger partial charge >= 0.3 is 0 Å². The zero-order valence-electron chi connectivity index (χ0n) is 12.3. The minimum atomic E-state index is 0.657. The Morgan fingerprint density at radius 2 is 2.30 bits per heavy atom. The van der Waals surface area contributed by atoms with Gasteiger partial charge in [0, 0.05) is 12.6 Å². The Bertz CT molecular complexity index is 453. The highest BCUT2D eigenvalue weighted by atomic mass is 16.5. The maximum absolute atomic E-state index is 8.85. The molecule has 3 heteroatoms. The molecule has 1 aromatic carbocycles. The molecule has 1 unspecified atom stereocenters. The Labute approximate surface area is 122 Å². The fourth-order valence-electron chi connectivity index (χ4n) is 2.93. The van der Waals surface area contributed by atoms with Gasteiger partial charge in [0.15, 0.2) is 0 Å². The van der Waals surface area contributed by atoms with Crippen LogP contribution in [0.25, 0.3) is 0 Å². The van der Waals surface area contributed by atoms with E-state index in [1.54, 1.807) is 12.1 Å². The van der Waals surface area contributed by atoms with Crippen LogP contribution in [-0.4, -0.2) is 30.6 Å². The standard InChI is InChI=1S/C17H24N2O/c1-2-16-8-3-4-10-19(16)11-6-12-20-17-9-5-7-15(13-17)14-18/h5,7,9,13,16H,2-4,6,8,10-12H2,1H3. The van der Waals surface area contributed by atoms with Crippen molar-refractivity contribution in [1.82, 2.24) is 4.90 Å². The van der Waals surface area contributed by atoms with Gasteiger partial charge in [0.25, 0.3) is 0 Å². The topological polar surface area (TPSA) is 36.3 Å². The highest BCUT2D eigenvalue weighted by molar-refractivity contribution is 5.36. The second-order valence-electron chi connectivity index (χ2n) is 5.44. The van der Waals surface area contributed by atoms with Crippen molar-refractivity contribution in [2.75, 3.05) is 19.7 Å². The number of piperidine rings is 1. The SMILES string of the molecule is CCC1CCCCN1CCCOc1cccc(C#N)c1. The molecule has 1 heterocycles. The molecular weight excluding hydrogens is 248 g/mol. The second-order valence-corrected chi connectivity index (χ2v) is 5.44. The van der Waals surface area contributed by atoms with Gasteiger partial charge in [-0.15, -0.1) is 0 Å². The Morgan fingerprint density at radius 3 is 3.10 bits per heavy atom. The average Bonchev–Trinajstić information content (AvgIpc) is 2.52. The van der Waals surface area contributed by atoms with Crippen LogP contribution in [0.15, 0.2) is 24.3 Å². The van der Waals surface area contributed by atoms with Crippen LogP contribution in [-0.2, 0) is 0 Å². The van der Waals surface area contributed by atoms with Gasteiger partial charge in [0.05, 0.1) is 18.2 Å². The van der Waals surface area contributed by atoms with Gasteiger partial charge in [-0.1, -0.05) is 19.4 Å². The number of likely N-dealkylation sites (tertiary alicyclic amines) is 1. The second kappa shape index (κ2) is 7.91. The first-order chi connectivity index (χ1) is 9.83. The van der Waals surface area contributed by atoms with E-state index in [0.717, 1.165) is 31.4 Å². The third-order valence-electron chi connectivity index (χ3n) is 4.04. The van der Waals surface area contributed by atoms with E-state index in [9.17, 15) is 0 Å². The molecule has 0 bridgehead atoms. The van der Waals surface area contributed by atoms with E-state index in [2.05, 4.69) is 17.9 Å². The number of hydrogen-bond donors (Lipinski definition) is 0. The maximum atomic E-state index is 8.85. The van der Waals surface area contributed by atoms with Gasteiger partial charge in [-0.05, 0) is 50.4 Å². The Kier molecular flexibility index (Phi) is 5.88. The molecule has 0 aromatic heterocycles. The predicted octanol–water partition coefficient (Wildman–Crippen LogP) is 3.59. The minimum absolute atomic E-state index is 0.657. The molecule has 20 heavy (non-hydrogen) atoms. The summed E-state index contributed by atoms with van der Waals surface area (Å²) in [6.07, 6.45) is 6.37. The summed E-state index contributed by atoms with van der Waals surface area (Å²) in [6, 6.07) is 10.3. The molecule has 0 radical (unpaired) electrons. The van der Waals surface area contributed by atoms with E-state index in [-0.39, 0.29) is 0 Å². The molecule has 2 rings (SSSR count). The van der Waals surface area contributed by atoms with Gasteiger partial charge in [-0.2, -0.15) is 5.26 Å². The lowest BCUT2D eigenvalue weighted by Crippen LogP contribution is -2.40. The molecule has 108 valence electrons. The largest absolute Gasteiger partial charge is 0.494 e. The summed E-state index contributed by atoms with van der Waals surface area (Å²) in [6.45, 7) is 5.37. The summed E-state index contributed by atoms with van der Waals surface area (Å²) in [5.41, 5.74) is 0.657. The minimum Gasteiger partial charge on any atom is -0.494 e. The number of benzene rings is 1. The van der Waals surface area contributed by atoms with Crippen molar-refractivity contribution in [3.8, 4) is 11.8 Å². The highest BCUT2D eigenvalue weighted by Crippen LogP contribution is 2.19. The molecule has 0 saturated carbocycles. The third kappa shape index (κ3) is 4.25. The lowest BCUT2D eigenvalue weighted by Gasteiger charge is -2.35. The number of rotatable bonds is 6. The molecule has 0 spiro atoms. The van der Waals surface area contributed by atoms with Crippen molar-refractivity contribution in [3.63, 3.8) is 0 Å². The molecule has 1 atom stereocenters. The summed E-state index contributed by atoms with van der Waals surface area (Å²) in [4.78, 5) is 2.61. The number of nitrogens with zero attached hydrogens (tertiary/aromatic N) is 2. The van der Waals surface area contributed by atoms with Gasteiger partial charge in [-0.25, -0.2) is 0 Å². The van der Waals surface area contributed by atoms with E-state index in [4.69, 9.17) is 10.00 Å². The van der Waals surface area contributed by atoms with Crippen LogP contribution in [0.5, 0.6) is 5.75 Å². The molecule has 1 aliphatic heterocycles. The maximum Gasteiger partial charge on any atom is 0.120 e. The predicted molar refractivity (Wildman–Crippen MR) is 80.8 cm³/mol.